The quantitative estimate of drug-likeness (QED) is 0.868. The van der Waals surface area contributed by atoms with Crippen molar-refractivity contribution in [1.82, 2.24) is 0 Å². The molecule has 1 aliphatic heterocycles. The summed E-state index contributed by atoms with van der Waals surface area (Å²) < 4.78 is 5.36. The zero-order valence-electron chi connectivity index (χ0n) is 13.3. The van der Waals surface area contributed by atoms with Gasteiger partial charge < -0.3 is 20.7 Å². The summed E-state index contributed by atoms with van der Waals surface area (Å²) in [5.74, 6) is 0.480. The van der Waals surface area contributed by atoms with Crippen LogP contribution in [0.2, 0.25) is 0 Å². The van der Waals surface area contributed by atoms with Crippen LogP contribution in [0.4, 0.5) is 11.4 Å². The Morgan fingerprint density at radius 1 is 1.41 bits per heavy atom. The molecule has 1 saturated heterocycles. The first-order valence-corrected chi connectivity index (χ1v) is 7.49. The summed E-state index contributed by atoms with van der Waals surface area (Å²) >= 11 is 0. The van der Waals surface area contributed by atoms with Crippen LogP contribution in [0.25, 0.3) is 0 Å². The first-order valence-electron chi connectivity index (χ1n) is 7.49. The maximum absolute atomic E-state index is 12.0. The normalized spacial score (nSPS) is 16.0. The minimum Gasteiger partial charge on any atom is -0.494 e. The number of nitrogens with zero attached hydrogens (tertiary/aromatic N) is 1. The van der Waals surface area contributed by atoms with Crippen LogP contribution in [-0.4, -0.2) is 31.5 Å². The van der Waals surface area contributed by atoms with Crippen molar-refractivity contribution in [3.05, 3.63) is 18.2 Å². The number of nitrogens with one attached hydrogen (secondary N) is 1. The van der Waals surface area contributed by atoms with Gasteiger partial charge in [0, 0.05) is 24.7 Å². The lowest BCUT2D eigenvalue weighted by atomic mass is 10.0. The number of methoxy groups -OCH3 is 1. The van der Waals surface area contributed by atoms with E-state index in [-0.39, 0.29) is 17.7 Å². The van der Waals surface area contributed by atoms with Crippen LogP contribution in [0.1, 0.15) is 26.7 Å². The van der Waals surface area contributed by atoms with E-state index in [2.05, 4.69) is 5.32 Å². The number of carbonyl (C=O) groups is 2. The van der Waals surface area contributed by atoms with Gasteiger partial charge in [-0.2, -0.15) is 0 Å². The molecule has 0 saturated carbocycles. The van der Waals surface area contributed by atoms with E-state index in [4.69, 9.17) is 10.5 Å². The molecule has 1 aromatic rings. The van der Waals surface area contributed by atoms with Crippen molar-refractivity contribution < 1.29 is 14.3 Å². The maximum atomic E-state index is 12.0. The summed E-state index contributed by atoms with van der Waals surface area (Å²) in [6, 6.07) is 4.70. The Bertz CT molecular complexity index is 572. The number of ether oxygens (including phenoxy) is 1. The summed E-state index contributed by atoms with van der Waals surface area (Å²) in [6.45, 7) is 4.49. The third-order valence-corrected chi connectivity index (χ3v) is 3.83. The van der Waals surface area contributed by atoms with Gasteiger partial charge in [-0.25, -0.2) is 0 Å². The number of carbonyl (C=O) groups excluding carboxylic acids is 2. The Labute approximate surface area is 130 Å². The molecule has 120 valence electrons. The third kappa shape index (κ3) is 3.39. The highest BCUT2D eigenvalue weighted by atomic mass is 16.5. The van der Waals surface area contributed by atoms with E-state index in [1.165, 1.54) is 0 Å². The molecule has 1 aliphatic rings. The fourth-order valence-electron chi connectivity index (χ4n) is 2.41. The average molecular weight is 305 g/mol. The highest BCUT2D eigenvalue weighted by Crippen LogP contribution is 2.33. The van der Waals surface area contributed by atoms with Crippen molar-refractivity contribution in [2.75, 3.05) is 23.9 Å². The van der Waals surface area contributed by atoms with E-state index in [9.17, 15) is 9.59 Å². The van der Waals surface area contributed by atoms with Crippen molar-refractivity contribution in [1.29, 1.82) is 0 Å². The van der Waals surface area contributed by atoms with Crippen LogP contribution in [0.15, 0.2) is 18.2 Å². The summed E-state index contributed by atoms with van der Waals surface area (Å²) in [6.07, 6.45) is 1.41. The maximum Gasteiger partial charge on any atom is 0.241 e. The van der Waals surface area contributed by atoms with Gasteiger partial charge in [0.15, 0.2) is 0 Å². The minimum atomic E-state index is -0.564. The van der Waals surface area contributed by atoms with Crippen LogP contribution < -0.4 is 20.7 Å². The number of amides is 2. The Balaban J connectivity index is 2.19. The molecule has 3 N–H and O–H groups in total. The second-order valence-electron chi connectivity index (χ2n) is 5.79. The number of rotatable bonds is 5. The van der Waals surface area contributed by atoms with E-state index in [0.29, 0.717) is 24.4 Å². The lowest BCUT2D eigenvalue weighted by Gasteiger charge is -2.20. The highest BCUT2D eigenvalue weighted by Gasteiger charge is 2.25. The predicted octanol–water partition coefficient (Wildman–Crippen LogP) is 1.74. The largest absolute Gasteiger partial charge is 0.494 e. The van der Waals surface area contributed by atoms with E-state index in [0.717, 1.165) is 12.1 Å². The summed E-state index contributed by atoms with van der Waals surface area (Å²) in [5.41, 5.74) is 7.17. The standard InChI is InChI=1S/C16H23N3O3/c1-10(2)15(17)16(21)18-11-6-7-12(13(9-11)22-3)19-8-4-5-14(19)20/h6-7,9-10,15H,4-5,8,17H2,1-3H3,(H,18,21). The topological polar surface area (TPSA) is 84.7 Å². The fourth-order valence-corrected chi connectivity index (χ4v) is 2.41. The molecule has 1 aromatic carbocycles. The second-order valence-corrected chi connectivity index (χ2v) is 5.79. The first-order chi connectivity index (χ1) is 10.4. The summed E-state index contributed by atoms with van der Waals surface area (Å²) in [5, 5.41) is 2.78. The van der Waals surface area contributed by atoms with E-state index in [1.807, 2.05) is 13.8 Å². The second kappa shape index (κ2) is 6.79. The van der Waals surface area contributed by atoms with Crippen LogP contribution in [0, 0.1) is 5.92 Å². The van der Waals surface area contributed by atoms with Gasteiger partial charge in [0.2, 0.25) is 11.8 Å². The number of hydrogen-bond acceptors (Lipinski definition) is 4. The number of benzene rings is 1. The van der Waals surface area contributed by atoms with Crippen molar-refractivity contribution >= 4 is 23.2 Å². The van der Waals surface area contributed by atoms with Crippen molar-refractivity contribution in [2.24, 2.45) is 11.7 Å². The molecule has 1 fully saturated rings. The van der Waals surface area contributed by atoms with Gasteiger partial charge >= 0.3 is 0 Å². The van der Waals surface area contributed by atoms with E-state index < -0.39 is 6.04 Å². The molecule has 1 unspecified atom stereocenters. The molecule has 0 radical (unpaired) electrons. The van der Waals surface area contributed by atoms with E-state index >= 15 is 0 Å². The van der Waals surface area contributed by atoms with Crippen molar-refractivity contribution in [3.8, 4) is 5.75 Å². The molecule has 1 atom stereocenters. The van der Waals surface area contributed by atoms with Crippen LogP contribution >= 0.6 is 0 Å². The minimum absolute atomic E-state index is 0.0587. The molecular formula is C16H23N3O3. The lowest BCUT2D eigenvalue weighted by molar-refractivity contribution is -0.118. The number of nitrogens with two attached hydrogens (primary N) is 1. The summed E-state index contributed by atoms with van der Waals surface area (Å²) in [4.78, 5) is 25.6. The SMILES string of the molecule is COc1cc(NC(=O)C(N)C(C)C)ccc1N1CCCC1=O. The molecule has 0 spiro atoms. The zero-order chi connectivity index (χ0) is 16.3. The molecule has 0 aliphatic carbocycles. The first kappa shape index (κ1) is 16.3. The van der Waals surface area contributed by atoms with E-state index in [1.54, 1.807) is 30.2 Å². The lowest BCUT2D eigenvalue weighted by Crippen LogP contribution is -2.39. The molecular weight excluding hydrogens is 282 g/mol. The van der Waals surface area contributed by atoms with Gasteiger partial charge in [-0.1, -0.05) is 13.8 Å². The summed E-state index contributed by atoms with van der Waals surface area (Å²) in [7, 11) is 1.55. The van der Waals surface area contributed by atoms with Gasteiger partial charge in [0.1, 0.15) is 5.75 Å². The third-order valence-electron chi connectivity index (χ3n) is 3.83. The van der Waals surface area contributed by atoms with Crippen LogP contribution in [0.5, 0.6) is 5.75 Å². The zero-order valence-corrected chi connectivity index (χ0v) is 13.3. The molecule has 0 bridgehead atoms. The smallest absolute Gasteiger partial charge is 0.241 e. The van der Waals surface area contributed by atoms with Gasteiger partial charge in [-0.15, -0.1) is 0 Å². The van der Waals surface area contributed by atoms with Gasteiger partial charge in [0.25, 0.3) is 0 Å². The highest BCUT2D eigenvalue weighted by molar-refractivity contribution is 5.98. The van der Waals surface area contributed by atoms with Crippen LogP contribution in [0.3, 0.4) is 0 Å². The Kier molecular flexibility index (Phi) is 5.03. The van der Waals surface area contributed by atoms with Crippen molar-refractivity contribution in [2.45, 2.75) is 32.7 Å². The molecule has 0 aromatic heterocycles. The molecule has 22 heavy (non-hydrogen) atoms. The number of hydrogen-bond donors (Lipinski definition) is 2. The van der Waals surface area contributed by atoms with Gasteiger partial charge in [0.05, 0.1) is 18.8 Å². The molecule has 1 heterocycles. The molecule has 6 nitrogen and oxygen atoms in total. The predicted molar refractivity (Wildman–Crippen MR) is 86.0 cm³/mol. The Morgan fingerprint density at radius 3 is 2.68 bits per heavy atom. The molecule has 2 rings (SSSR count). The monoisotopic (exact) mass is 305 g/mol. The van der Waals surface area contributed by atoms with Crippen molar-refractivity contribution in [3.63, 3.8) is 0 Å². The van der Waals surface area contributed by atoms with Gasteiger partial charge in [-0.3, -0.25) is 9.59 Å². The van der Waals surface area contributed by atoms with Gasteiger partial charge in [-0.05, 0) is 24.5 Å². The number of anilines is 2. The average Bonchev–Trinajstić information content (AvgIpc) is 2.92. The molecule has 6 heteroatoms. The Morgan fingerprint density at radius 2 is 2.14 bits per heavy atom. The fraction of sp³-hybridized carbons (Fsp3) is 0.500. The Hall–Kier alpha value is -2.08. The van der Waals surface area contributed by atoms with Crippen LogP contribution in [-0.2, 0) is 9.59 Å². The molecule has 2 amide bonds.